The Bertz CT molecular complexity index is 734. The van der Waals surface area contributed by atoms with Gasteiger partial charge in [-0.3, -0.25) is 9.48 Å². The van der Waals surface area contributed by atoms with E-state index < -0.39 is 0 Å². The number of nitrogens with one attached hydrogen (secondary N) is 1. The van der Waals surface area contributed by atoms with Crippen molar-refractivity contribution in [3.8, 4) is 6.07 Å². The standard InChI is InChI=1S/C15H18N4OS/c1-8(2)19-13(6-9(3)18-19)14(20)17-15-12(7-16)10(4)11(5)21-15/h6,8H,1-5H3,(H,17,20). The lowest BCUT2D eigenvalue weighted by Gasteiger charge is -2.10. The minimum absolute atomic E-state index is 0.0988. The lowest BCUT2D eigenvalue weighted by atomic mass is 10.2. The van der Waals surface area contributed by atoms with Crippen LogP contribution in [0.4, 0.5) is 5.00 Å². The molecule has 1 N–H and O–H groups in total. The number of anilines is 1. The number of aryl methyl sites for hydroxylation is 2. The molecule has 0 fully saturated rings. The number of amides is 1. The zero-order valence-corrected chi connectivity index (χ0v) is 13.6. The van der Waals surface area contributed by atoms with Crippen LogP contribution >= 0.6 is 11.3 Å². The van der Waals surface area contributed by atoms with Crippen molar-refractivity contribution in [1.82, 2.24) is 9.78 Å². The van der Waals surface area contributed by atoms with Gasteiger partial charge < -0.3 is 5.32 Å². The number of nitrogens with zero attached hydrogens (tertiary/aromatic N) is 3. The molecule has 6 heteroatoms. The van der Waals surface area contributed by atoms with Crippen LogP contribution in [0.2, 0.25) is 0 Å². The summed E-state index contributed by atoms with van der Waals surface area (Å²) in [5.41, 5.74) is 2.77. The molecule has 0 aromatic carbocycles. The van der Waals surface area contributed by atoms with E-state index >= 15 is 0 Å². The second-order valence-electron chi connectivity index (χ2n) is 5.26. The predicted molar refractivity (Wildman–Crippen MR) is 83.8 cm³/mol. The third-order valence-electron chi connectivity index (χ3n) is 3.30. The Kier molecular flexibility index (Phi) is 4.14. The molecule has 2 aromatic heterocycles. The SMILES string of the molecule is Cc1cc(C(=O)Nc2sc(C)c(C)c2C#N)n(C(C)C)n1. The highest BCUT2D eigenvalue weighted by atomic mass is 32.1. The van der Waals surface area contributed by atoms with Gasteiger partial charge in [-0.25, -0.2) is 0 Å². The summed E-state index contributed by atoms with van der Waals surface area (Å²) in [6.07, 6.45) is 0. The molecule has 2 rings (SSSR count). The number of carbonyl (C=O) groups excluding carboxylic acids is 1. The van der Waals surface area contributed by atoms with Crippen LogP contribution in [0.25, 0.3) is 0 Å². The van der Waals surface area contributed by atoms with E-state index in [0.29, 0.717) is 16.3 Å². The summed E-state index contributed by atoms with van der Waals surface area (Å²) in [4.78, 5) is 13.5. The van der Waals surface area contributed by atoms with Crippen LogP contribution < -0.4 is 5.32 Å². The van der Waals surface area contributed by atoms with E-state index in [0.717, 1.165) is 16.1 Å². The lowest BCUT2D eigenvalue weighted by Crippen LogP contribution is -2.18. The average Bonchev–Trinajstić information content (AvgIpc) is 2.92. The Labute approximate surface area is 128 Å². The van der Waals surface area contributed by atoms with Crippen LogP contribution in [-0.4, -0.2) is 15.7 Å². The minimum Gasteiger partial charge on any atom is -0.311 e. The van der Waals surface area contributed by atoms with Crippen molar-refractivity contribution >= 4 is 22.2 Å². The Morgan fingerprint density at radius 2 is 2.10 bits per heavy atom. The highest BCUT2D eigenvalue weighted by Gasteiger charge is 2.19. The summed E-state index contributed by atoms with van der Waals surface area (Å²) in [6, 6.07) is 4.01. The molecule has 0 aliphatic carbocycles. The maximum atomic E-state index is 12.5. The van der Waals surface area contributed by atoms with Crippen molar-refractivity contribution in [2.45, 2.75) is 40.7 Å². The Balaban J connectivity index is 2.35. The van der Waals surface area contributed by atoms with E-state index in [1.807, 2.05) is 34.6 Å². The molecule has 2 heterocycles. The maximum absolute atomic E-state index is 12.5. The summed E-state index contributed by atoms with van der Waals surface area (Å²) in [6.45, 7) is 9.64. The number of hydrogen-bond acceptors (Lipinski definition) is 4. The van der Waals surface area contributed by atoms with Gasteiger partial charge in [0.2, 0.25) is 0 Å². The van der Waals surface area contributed by atoms with Gasteiger partial charge in [0.25, 0.3) is 5.91 Å². The van der Waals surface area contributed by atoms with Crippen LogP contribution in [-0.2, 0) is 0 Å². The van der Waals surface area contributed by atoms with E-state index in [1.54, 1.807) is 10.7 Å². The number of hydrogen-bond donors (Lipinski definition) is 1. The number of nitriles is 1. The van der Waals surface area contributed by atoms with E-state index in [4.69, 9.17) is 0 Å². The molecule has 1 amide bonds. The Morgan fingerprint density at radius 3 is 2.67 bits per heavy atom. The number of thiophene rings is 1. The quantitative estimate of drug-likeness (QED) is 0.942. The molecular formula is C15H18N4OS. The summed E-state index contributed by atoms with van der Waals surface area (Å²) < 4.78 is 1.70. The van der Waals surface area contributed by atoms with Crippen LogP contribution in [0.1, 0.15) is 52.1 Å². The Morgan fingerprint density at radius 1 is 1.43 bits per heavy atom. The van der Waals surface area contributed by atoms with Gasteiger partial charge in [0, 0.05) is 10.9 Å². The molecule has 0 spiro atoms. The van der Waals surface area contributed by atoms with E-state index in [-0.39, 0.29) is 11.9 Å². The second kappa shape index (κ2) is 5.70. The molecule has 0 saturated heterocycles. The molecule has 0 aliphatic heterocycles. The van der Waals surface area contributed by atoms with Gasteiger partial charge in [-0.2, -0.15) is 10.4 Å². The summed E-state index contributed by atoms with van der Waals surface area (Å²) >= 11 is 1.43. The van der Waals surface area contributed by atoms with Crippen molar-refractivity contribution in [2.75, 3.05) is 5.32 Å². The highest BCUT2D eigenvalue weighted by molar-refractivity contribution is 7.16. The molecule has 2 aromatic rings. The normalized spacial score (nSPS) is 10.7. The predicted octanol–water partition coefficient (Wildman–Crippen LogP) is 3.57. The molecule has 110 valence electrons. The van der Waals surface area contributed by atoms with Gasteiger partial charge in [0.1, 0.15) is 16.8 Å². The lowest BCUT2D eigenvalue weighted by molar-refractivity contribution is 0.101. The zero-order valence-electron chi connectivity index (χ0n) is 12.8. The third-order valence-corrected chi connectivity index (χ3v) is 4.43. The first-order valence-corrected chi connectivity index (χ1v) is 7.54. The monoisotopic (exact) mass is 302 g/mol. The first kappa shape index (κ1) is 15.3. The van der Waals surface area contributed by atoms with E-state index in [2.05, 4.69) is 16.5 Å². The van der Waals surface area contributed by atoms with Crippen molar-refractivity contribution in [1.29, 1.82) is 5.26 Å². The van der Waals surface area contributed by atoms with Crippen molar-refractivity contribution in [3.63, 3.8) is 0 Å². The molecule has 0 radical (unpaired) electrons. The number of carbonyl (C=O) groups is 1. The molecule has 0 aliphatic rings. The maximum Gasteiger partial charge on any atom is 0.274 e. The molecule has 0 atom stereocenters. The van der Waals surface area contributed by atoms with E-state index in [9.17, 15) is 10.1 Å². The van der Waals surface area contributed by atoms with Crippen LogP contribution in [0.5, 0.6) is 0 Å². The van der Waals surface area contributed by atoms with Crippen molar-refractivity contribution in [2.24, 2.45) is 0 Å². The molecule has 0 bridgehead atoms. The fourth-order valence-corrected chi connectivity index (χ4v) is 3.10. The molecule has 21 heavy (non-hydrogen) atoms. The topological polar surface area (TPSA) is 70.7 Å². The van der Waals surface area contributed by atoms with Crippen LogP contribution in [0.15, 0.2) is 6.07 Å². The fraction of sp³-hybridized carbons (Fsp3) is 0.400. The van der Waals surface area contributed by atoms with Gasteiger partial charge in [0.15, 0.2) is 0 Å². The second-order valence-corrected chi connectivity index (χ2v) is 6.49. The number of aromatic nitrogens is 2. The number of rotatable bonds is 3. The zero-order chi connectivity index (χ0) is 15.7. The summed E-state index contributed by atoms with van der Waals surface area (Å²) in [5, 5.41) is 17.0. The summed E-state index contributed by atoms with van der Waals surface area (Å²) in [7, 11) is 0. The highest BCUT2D eigenvalue weighted by Crippen LogP contribution is 2.32. The van der Waals surface area contributed by atoms with Crippen molar-refractivity contribution in [3.05, 3.63) is 33.5 Å². The van der Waals surface area contributed by atoms with Gasteiger partial charge in [0.05, 0.1) is 11.3 Å². The first-order valence-electron chi connectivity index (χ1n) is 6.72. The van der Waals surface area contributed by atoms with Crippen LogP contribution in [0, 0.1) is 32.1 Å². The van der Waals surface area contributed by atoms with Gasteiger partial charge >= 0.3 is 0 Å². The molecular weight excluding hydrogens is 284 g/mol. The van der Waals surface area contributed by atoms with Crippen molar-refractivity contribution < 1.29 is 4.79 Å². The van der Waals surface area contributed by atoms with Gasteiger partial charge in [-0.1, -0.05) is 0 Å². The summed E-state index contributed by atoms with van der Waals surface area (Å²) in [5.74, 6) is -0.234. The molecule has 0 saturated carbocycles. The minimum atomic E-state index is -0.234. The molecule has 5 nitrogen and oxygen atoms in total. The van der Waals surface area contributed by atoms with E-state index in [1.165, 1.54) is 11.3 Å². The first-order chi connectivity index (χ1) is 9.85. The Hall–Kier alpha value is -2.13. The largest absolute Gasteiger partial charge is 0.311 e. The molecule has 0 unspecified atom stereocenters. The fourth-order valence-electron chi connectivity index (χ4n) is 2.10. The van der Waals surface area contributed by atoms with Gasteiger partial charge in [-0.15, -0.1) is 11.3 Å². The third kappa shape index (κ3) is 2.83. The smallest absolute Gasteiger partial charge is 0.274 e. The average molecular weight is 302 g/mol. The van der Waals surface area contributed by atoms with Crippen LogP contribution in [0.3, 0.4) is 0 Å². The van der Waals surface area contributed by atoms with Gasteiger partial charge in [-0.05, 0) is 46.2 Å².